The molecule has 0 aliphatic carbocycles. The van der Waals surface area contributed by atoms with Crippen molar-refractivity contribution in [2.75, 3.05) is 13.6 Å². The van der Waals surface area contributed by atoms with E-state index in [1.54, 1.807) is 0 Å². The minimum atomic E-state index is 0.240. The summed E-state index contributed by atoms with van der Waals surface area (Å²) in [7, 11) is 1.92. The molecule has 2 N–H and O–H groups in total. The first-order valence-electron chi connectivity index (χ1n) is 8.06. The number of carbonyl (C=O) groups is 1. The van der Waals surface area contributed by atoms with Crippen LogP contribution in [0, 0.1) is 6.92 Å². The number of nitrogens with two attached hydrogens (primary N) is 1. The molecule has 1 amide bonds. The maximum atomic E-state index is 12.2. The monoisotopic (exact) mass is 290 g/mol. The van der Waals surface area contributed by atoms with Crippen molar-refractivity contribution < 1.29 is 4.79 Å². The zero-order chi connectivity index (χ0) is 15.7. The van der Waals surface area contributed by atoms with Crippen LogP contribution in [0.1, 0.15) is 50.2 Å². The van der Waals surface area contributed by atoms with E-state index in [1.807, 2.05) is 11.9 Å². The van der Waals surface area contributed by atoms with Gasteiger partial charge in [-0.15, -0.1) is 0 Å². The van der Waals surface area contributed by atoms with Crippen molar-refractivity contribution in [2.45, 2.75) is 58.4 Å². The lowest BCUT2D eigenvalue weighted by Crippen LogP contribution is -2.36. The predicted octanol–water partition coefficient (Wildman–Crippen LogP) is 3.29. The Hall–Kier alpha value is -1.35. The summed E-state index contributed by atoms with van der Waals surface area (Å²) in [4.78, 5) is 14.1. The Labute approximate surface area is 129 Å². The number of hydrogen-bond acceptors (Lipinski definition) is 2. The SMILES string of the molecule is Cc1ccc(CC(C)N(C)C(=O)CCCCCCN)cc1. The molecule has 0 heterocycles. The molecule has 0 saturated carbocycles. The summed E-state index contributed by atoms with van der Waals surface area (Å²) in [5.41, 5.74) is 8.03. The summed E-state index contributed by atoms with van der Waals surface area (Å²) in [5, 5.41) is 0. The van der Waals surface area contributed by atoms with Gasteiger partial charge < -0.3 is 10.6 Å². The molecule has 1 atom stereocenters. The summed E-state index contributed by atoms with van der Waals surface area (Å²) >= 11 is 0. The van der Waals surface area contributed by atoms with Gasteiger partial charge in [0.05, 0.1) is 0 Å². The maximum Gasteiger partial charge on any atom is 0.222 e. The number of unbranched alkanes of at least 4 members (excludes halogenated alkanes) is 3. The van der Waals surface area contributed by atoms with Gasteiger partial charge in [-0.2, -0.15) is 0 Å². The average Bonchev–Trinajstić information content (AvgIpc) is 2.48. The summed E-state index contributed by atoms with van der Waals surface area (Å²) in [6, 6.07) is 8.79. The molecule has 0 saturated heterocycles. The molecule has 21 heavy (non-hydrogen) atoms. The largest absolute Gasteiger partial charge is 0.343 e. The van der Waals surface area contributed by atoms with E-state index in [9.17, 15) is 4.79 Å². The zero-order valence-electron chi connectivity index (χ0n) is 13.8. The topological polar surface area (TPSA) is 46.3 Å². The van der Waals surface area contributed by atoms with Crippen molar-refractivity contribution in [3.05, 3.63) is 35.4 Å². The second kappa shape index (κ2) is 9.56. The van der Waals surface area contributed by atoms with Crippen LogP contribution in [0.4, 0.5) is 0 Å². The van der Waals surface area contributed by atoms with Gasteiger partial charge in [-0.05, 0) is 45.2 Å². The van der Waals surface area contributed by atoms with E-state index >= 15 is 0 Å². The molecule has 3 nitrogen and oxygen atoms in total. The van der Waals surface area contributed by atoms with Gasteiger partial charge in [0.2, 0.25) is 5.91 Å². The van der Waals surface area contributed by atoms with Crippen molar-refractivity contribution in [2.24, 2.45) is 5.73 Å². The molecule has 1 aromatic rings. The summed E-state index contributed by atoms with van der Waals surface area (Å²) in [6.07, 6.45) is 5.83. The van der Waals surface area contributed by atoms with Gasteiger partial charge in [-0.25, -0.2) is 0 Å². The Bertz CT molecular complexity index is 414. The number of nitrogens with zero attached hydrogens (tertiary/aromatic N) is 1. The van der Waals surface area contributed by atoms with Crippen molar-refractivity contribution in [1.82, 2.24) is 4.90 Å². The van der Waals surface area contributed by atoms with Crippen LogP contribution in [0.2, 0.25) is 0 Å². The van der Waals surface area contributed by atoms with Crippen molar-refractivity contribution in [1.29, 1.82) is 0 Å². The molecule has 0 aliphatic rings. The fourth-order valence-corrected chi connectivity index (χ4v) is 2.40. The third-order valence-electron chi connectivity index (χ3n) is 4.05. The molecule has 0 fully saturated rings. The molecule has 0 bridgehead atoms. The first-order valence-corrected chi connectivity index (χ1v) is 8.06. The molecule has 1 unspecified atom stereocenters. The van der Waals surface area contributed by atoms with Gasteiger partial charge in [0.25, 0.3) is 0 Å². The number of amides is 1. The highest BCUT2D eigenvalue weighted by atomic mass is 16.2. The van der Waals surface area contributed by atoms with Crippen molar-refractivity contribution >= 4 is 5.91 Å². The van der Waals surface area contributed by atoms with Crippen molar-refractivity contribution in [3.8, 4) is 0 Å². The van der Waals surface area contributed by atoms with E-state index in [4.69, 9.17) is 5.73 Å². The fraction of sp³-hybridized carbons (Fsp3) is 0.611. The number of carbonyl (C=O) groups excluding carboxylic acids is 1. The summed E-state index contributed by atoms with van der Waals surface area (Å²) in [6.45, 7) is 4.96. The Kier molecular flexibility index (Phi) is 8.06. The van der Waals surface area contributed by atoms with Crippen LogP contribution in [0.5, 0.6) is 0 Å². The zero-order valence-corrected chi connectivity index (χ0v) is 13.8. The molecule has 1 aromatic carbocycles. The molecule has 0 radical (unpaired) electrons. The van der Waals surface area contributed by atoms with Gasteiger partial charge in [0, 0.05) is 19.5 Å². The second-order valence-corrected chi connectivity index (χ2v) is 6.00. The number of benzene rings is 1. The van der Waals surface area contributed by atoms with E-state index in [0.717, 1.165) is 38.6 Å². The number of rotatable bonds is 9. The van der Waals surface area contributed by atoms with Gasteiger partial charge >= 0.3 is 0 Å². The fourth-order valence-electron chi connectivity index (χ4n) is 2.40. The average molecular weight is 290 g/mol. The molecule has 1 rings (SSSR count). The van der Waals surface area contributed by atoms with Gasteiger partial charge in [0.15, 0.2) is 0 Å². The van der Waals surface area contributed by atoms with E-state index in [-0.39, 0.29) is 11.9 Å². The molecular weight excluding hydrogens is 260 g/mol. The van der Waals surface area contributed by atoms with Gasteiger partial charge in [0.1, 0.15) is 0 Å². The first kappa shape index (κ1) is 17.7. The molecule has 118 valence electrons. The van der Waals surface area contributed by atoms with Crippen LogP contribution in [0.3, 0.4) is 0 Å². The van der Waals surface area contributed by atoms with E-state index in [0.29, 0.717) is 6.42 Å². The molecule has 0 aliphatic heterocycles. The number of hydrogen-bond donors (Lipinski definition) is 1. The standard InChI is InChI=1S/C18H30N2O/c1-15-9-11-17(12-10-15)14-16(2)20(3)18(21)8-6-4-5-7-13-19/h9-12,16H,4-8,13-14,19H2,1-3H3. The minimum absolute atomic E-state index is 0.240. The smallest absolute Gasteiger partial charge is 0.222 e. The van der Waals surface area contributed by atoms with Crippen LogP contribution in [-0.2, 0) is 11.2 Å². The molecule has 0 aromatic heterocycles. The van der Waals surface area contributed by atoms with Crippen LogP contribution < -0.4 is 5.73 Å². The molecule has 0 spiro atoms. The highest BCUT2D eigenvalue weighted by molar-refractivity contribution is 5.76. The number of likely N-dealkylation sites (N-methyl/N-ethyl adjacent to an activating group) is 1. The van der Waals surface area contributed by atoms with Crippen LogP contribution >= 0.6 is 0 Å². The third kappa shape index (κ3) is 6.76. The lowest BCUT2D eigenvalue weighted by atomic mass is 10.0. The highest BCUT2D eigenvalue weighted by Gasteiger charge is 2.15. The normalized spacial score (nSPS) is 12.2. The van der Waals surface area contributed by atoms with E-state index in [1.165, 1.54) is 11.1 Å². The predicted molar refractivity (Wildman–Crippen MR) is 89.3 cm³/mol. The maximum absolute atomic E-state index is 12.2. The lowest BCUT2D eigenvalue weighted by Gasteiger charge is -2.25. The van der Waals surface area contributed by atoms with E-state index < -0.39 is 0 Å². The van der Waals surface area contributed by atoms with Gasteiger partial charge in [-0.1, -0.05) is 42.7 Å². The quantitative estimate of drug-likeness (QED) is 0.709. The summed E-state index contributed by atoms with van der Waals surface area (Å²) in [5.74, 6) is 0.252. The molecule has 3 heteroatoms. The highest BCUT2D eigenvalue weighted by Crippen LogP contribution is 2.11. The molecular formula is C18H30N2O. The van der Waals surface area contributed by atoms with Crippen LogP contribution in [-0.4, -0.2) is 30.4 Å². The minimum Gasteiger partial charge on any atom is -0.343 e. The van der Waals surface area contributed by atoms with Gasteiger partial charge in [-0.3, -0.25) is 4.79 Å². The van der Waals surface area contributed by atoms with Crippen LogP contribution in [0.15, 0.2) is 24.3 Å². The van der Waals surface area contributed by atoms with Crippen molar-refractivity contribution in [3.63, 3.8) is 0 Å². The Morgan fingerprint density at radius 1 is 1.14 bits per heavy atom. The third-order valence-corrected chi connectivity index (χ3v) is 4.05. The Balaban J connectivity index is 2.33. The Morgan fingerprint density at radius 3 is 2.38 bits per heavy atom. The first-order chi connectivity index (χ1) is 10.0. The Morgan fingerprint density at radius 2 is 1.76 bits per heavy atom. The lowest BCUT2D eigenvalue weighted by molar-refractivity contribution is -0.131. The number of aryl methyl sites for hydroxylation is 1. The second-order valence-electron chi connectivity index (χ2n) is 6.00. The summed E-state index contributed by atoms with van der Waals surface area (Å²) < 4.78 is 0. The van der Waals surface area contributed by atoms with Crippen LogP contribution in [0.25, 0.3) is 0 Å². The van der Waals surface area contributed by atoms with E-state index in [2.05, 4.69) is 38.1 Å².